The molecular weight excluding hydrogens is 558 g/mol. The third kappa shape index (κ3) is 14.1. The van der Waals surface area contributed by atoms with Gasteiger partial charge in [-0.3, -0.25) is 0 Å². The molecule has 4 heteroatoms. The van der Waals surface area contributed by atoms with Gasteiger partial charge in [-0.15, -0.1) is 0 Å². The fourth-order valence-corrected chi connectivity index (χ4v) is 5.26. The minimum absolute atomic E-state index is 0. The molecule has 0 aliphatic heterocycles. The quantitative estimate of drug-likeness (QED) is 0.119. The molecule has 0 rings (SSSR count). The Hall–Kier alpha value is 1.38. The lowest BCUT2D eigenvalue weighted by Gasteiger charge is -2.40. The maximum absolute atomic E-state index is 2.37. The fourth-order valence-electron chi connectivity index (χ4n) is 5.26. The topological polar surface area (TPSA) is 0 Å². The van der Waals surface area contributed by atoms with Gasteiger partial charge in [0.05, 0.1) is 52.4 Å². The molecule has 0 spiro atoms. The van der Waals surface area contributed by atoms with Gasteiger partial charge < -0.3 is 56.9 Å². The Morgan fingerprint density at radius 2 is 0.556 bits per heavy atom. The van der Waals surface area contributed by atoms with Crippen molar-refractivity contribution < 1.29 is 56.9 Å². The van der Waals surface area contributed by atoms with Crippen LogP contribution < -0.4 is 48.0 Å². The van der Waals surface area contributed by atoms with E-state index in [4.69, 9.17) is 0 Å². The van der Waals surface area contributed by atoms with Gasteiger partial charge in [0.2, 0.25) is 0 Å². The minimum Gasteiger partial charge on any atom is -1.00 e. The molecule has 168 valence electrons. The first-order valence-electron chi connectivity index (χ1n) is 11.8. The van der Waals surface area contributed by atoms with E-state index < -0.39 is 0 Å². The van der Waals surface area contributed by atoms with E-state index in [1.807, 2.05) is 0 Å². The second-order valence-electron chi connectivity index (χ2n) is 8.53. The average Bonchev–Trinajstić information content (AvgIpc) is 2.56. The van der Waals surface area contributed by atoms with Crippen LogP contribution in [-0.4, -0.2) is 61.3 Å². The van der Waals surface area contributed by atoms with Crippen molar-refractivity contribution in [3.8, 4) is 0 Å². The molecule has 0 radical (unpaired) electrons. The molecule has 0 fully saturated rings. The van der Waals surface area contributed by atoms with Crippen molar-refractivity contribution in [1.82, 2.24) is 0 Å². The molecule has 0 heterocycles. The number of unbranched alkanes of at least 4 members (excludes halogenated alkanes) is 2. The zero-order valence-corrected chi connectivity index (χ0v) is 24.0. The van der Waals surface area contributed by atoms with Crippen LogP contribution in [0.15, 0.2) is 0 Å². The molecule has 0 aromatic carbocycles. The number of halogens is 2. The van der Waals surface area contributed by atoms with Crippen molar-refractivity contribution in [2.24, 2.45) is 0 Å². The Morgan fingerprint density at radius 3 is 0.741 bits per heavy atom. The largest absolute Gasteiger partial charge is 1.00 e. The summed E-state index contributed by atoms with van der Waals surface area (Å²) in [6, 6.07) is 0. The van der Waals surface area contributed by atoms with E-state index in [9.17, 15) is 0 Å². The molecule has 0 amide bonds. The van der Waals surface area contributed by atoms with E-state index >= 15 is 0 Å². The Bertz CT molecular complexity index is 236. The first-order chi connectivity index (χ1) is 12.1. The molecule has 27 heavy (non-hydrogen) atoms. The summed E-state index contributed by atoms with van der Waals surface area (Å²) < 4.78 is 2.78. The summed E-state index contributed by atoms with van der Waals surface area (Å²) in [5.41, 5.74) is 0. The molecule has 0 N–H and O–H groups in total. The highest BCUT2D eigenvalue weighted by Gasteiger charge is 2.26. The van der Waals surface area contributed by atoms with E-state index in [1.54, 1.807) is 0 Å². The summed E-state index contributed by atoms with van der Waals surface area (Å²) in [7, 11) is 0. The maximum Gasteiger partial charge on any atom is 0.0786 e. The van der Waals surface area contributed by atoms with Crippen molar-refractivity contribution >= 4 is 0 Å². The third-order valence-corrected chi connectivity index (χ3v) is 5.95. The molecular formula is C23H52I2N2. The molecule has 2 nitrogen and oxygen atoms in total. The number of rotatable bonds is 18. The van der Waals surface area contributed by atoms with Crippen LogP contribution in [0.1, 0.15) is 99.3 Å². The highest BCUT2D eigenvalue weighted by Crippen LogP contribution is 2.17. The Balaban J connectivity index is -0.00000288. The summed E-state index contributed by atoms with van der Waals surface area (Å²) in [4.78, 5) is 0. The van der Waals surface area contributed by atoms with Gasteiger partial charge in [0.25, 0.3) is 0 Å². The van der Waals surface area contributed by atoms with Crippen molar-refractivity contribution in [3.05, 3.63) is 0 Å². The third-order valence-electron chi connectivity index (χ3n) is 5.95. The Kier molecular flexibility index (Phi) is 25.3. The minimum atomic E-state index is 0. The van der Waals surface area contributed by atoms with Crippen LogP contribution >= 0.6 is 0 Å². The molecule has 0 bridgehead atoms. The van der Waals surface area contributed by atoms with Gasteiger partial charge in [-0.2, -0.15) is 0 Å². The Labute approximate surface area is 207 Å². The van der Waals surface area contributed by atoms with Gasteiger partial charge in [0.1, 0.15) is 0 Å². The second-order valence-corrected chi connectivity index (χ2v) is 8.53. The summed E-state index contributed by atoms with van der Waals surface area (Å²) in [5.74, 6) is 0. The molecule has 0 aromatic rings. The van der Waals surface area contributed by atoms with E-state index in [1.165, 1.54) is 119 Å². The van der Waals surface area contributed by atoms with Crippen molar-refractivity contribution in [3.63, 3.8) is 0 Å². The molecule has 0 atom stereocenters. The van der Waals surface area contributed by atoms with Gasteiger partial charge in [-0.25, -0.2) is 0 Å². The lowest BCUT2D eigenvalue weighted by molar-refractivity contribution is -0.930. The standard InChI is InChI=1S/C23H52N2.2HI/c1-7-16-24(17-8-2,18-9-3)22-14-13-15-23-25(19-10-4,20-11-5)21-12-6;;/h7-23H2,1-6H3;2*1H/q+2;;/p-2. The van der Waals surface area contributed by atoms with E-state index in [0.29, 0.717) is 0 Å². The van der Waals surface area contributed by atoms with Crippen LogP contribution in [0.2, 0.25) is 0 Å². The molecule has 0 aliphatic carbocycles. The van der Waals surface area contributed by atoms with Gasteiger partial charge in [-0.1, -0.05) is 41.5 Å². The van der Waals surface area contributed by atoms with Gasteiger partial charge >= 0.3 is 0 Å². The summed E-state index contributed by atoms with van der Waals surface area (Å²) >= 11 is 0. The summed E-state index contributed by atoms with van der Waals surface area (Å²) in [6.07, 6.45) is 12.3. The van der Waals surface area contributed by atoms with Crippen LogP contribution in [0.25, 0.3) is 0 Å². The van der Waals surface area contributed by atoms with Gasteiger partial charge in [0.15, 0.2) is 0 Å². The van der Waals surface area contributed by atoms with Crippen LogP contribution in [-0.2, 0) is 0 Å². The lowest BCUT2D eigenvalue weighted by atomic mass is 10.1. The van der Waals surface area contributed by atoms with E-state index in [-0.39, 0.29) is 48.0 Å². The highest BCUT2D eigenvalue weighted by molar-refractivity contribution is 4.51. The first kappa shape index (κ1) is 33.0. The molecule has 0 aliphatic rings. The molecule has 0 unspecified atom stereocenters. The van der Waals surface area contributed by atoms with Crippen molar-refractivity contribution in [2.45, 2.75) is 99.3 Å². The van der Waals surface area contributed by atoms with E-state index in [0.717, 1.165) is 0 Å². The SMILES string of the molecule is CCC[N+](CCC)(CCC)CCCCC[N+](CCC)(CCC)CCC.[I-].[I-]. The smallest absolute Gasteiger partial charge is 0.0786 e. The van der Waals surface area contributed by atoms with Crippen LogP contribution in [0.3, 0.4) is 0 Å². The zero-order chi connectivity index (χ0) is 19.0. The normalized spacial score (nSPS) is 11.8. The predicted molar refractivity (Wildman–Crippen MR) is 115 cm³/mol. The van der Waals surface area contributed by atoms with Crippen molar-refractivity contribution in [1.29, 1.82) is 0 Å². The summed E-state index contributed by atoms with van der Waals surface area (Å²) in [6.45, 7) is 25.4. The number of nitrogens with zero attached hydrogens (tertiary/aromatic N) is 2. The summed E-state index contributed by atoms with van der Waals surface area (Å²) in [5, 5.41) is 0. The van der Waals surface area contributed by atoms with Crippen molar-refractivity contribution in [2.75, 3.05) is 52.4 Å². The highest BCUT2D eigenvalue weighted by atomic mass is 127. The molecule has 0 saturated heterocycles. The zero-order valence-electron chi connectivity index (χ0n) is 19.7. The van der Waals surface area contributed by atoms with Gasteiger partial charge in [0, 0.05) is 0 Å². The number of hydrogen-bond acceptors (Lipinski definition) is 0. The molecule has 0 saturated carbocycles. The fraction of sp³-hybridized carbons (Fsp3) is 1.00. The van der Waals surface area contributed by atoms with Gasteiger partial charge in [-0.05, 0) is 57.8 Å². The average molecular weight is 610 g/mol. The second kappa shape index (κ2) is 20.6. The van der Waals surface area contributed by atoms with Crippen LogP contribution in [0, 0.1) is 0 Å². The number of quaternary nitrogens is 2. The van der Waals surface area contributed by atoms with E-state index in [2.05, 4.69) is 41.5 Å². The Morgan fingerprint density at radius 1 is 0.333 bits per heavy atom. The molecule has 0 aromatic heterocycles. The number of hydrogen-bond donors (Lipinski definition) is 0. The first-order valence-corrected chi connectivity index (χ1v) is 11.8. The van der Waals surface area contributed by atoms with Crippen LogP contribution in [0.4, 0.5) is 0 Å². The maximum atomic E-state index is 2.37. The predicted octanol–water partition coefficient (Wildman–Crippen LogP) is 0.258. The lowest BCUT2D eigenvalue weighted by Crippen LogP contribution is -3.00. The monoisotopic (exact) mass is 610 g/mol. The van der Waals surface area contributed by atoms with Crippen LogP contribution in [0.5, 0.6) is 0 Å².